The molecule has 0 spiro atoms. The van der Waals surface area contributed by atoms with E-state index in [9.17, 15) is 9.59 Å². The summed E-state index contributed by atoms with van der Waals surface area (Å²) in [7, 11) is 1.70. The number of carbonyl (C=O) groups excluding carboxylic acids is 1. The van der Waals surface area contributed by atoms with Crippen LogP contribution in [0.2, 0.25) is 0 Å². The highest BCUT2D eigenvalue weighted by atomic mass is 35.5. The van der Waals surface area contributed by atoms with Crippen molar-refractivity contribution in [2.24, 2.45) is 7.05 Å². The van der Waals surface area contributed by atoms with E-state index in [1.54, 1.807) is 17.7 Å². The van der Waals surface area contributed by atoms with Gasteiger partial charge >= 0.3 is 0 Å². The minimum absolute atomic E-state index is 0.0971. The Kier molecular flexibility index (Phi) is 2.65. The molecule has 0 saturated carbocycles. The van der Waals surface area contributed by atoms with Crippen LogP contribution in [0.4, 0.5) is 0 Å². The van der Waals surface area contributed by atoms with Gasteiger partial charge in [0.1, 0.15) is 0 Å². The van der Waals surface area contributed by atoms with Crippen LogP contribution in [0.1, 0.15) is 34.5 Å². The van der Waals surface area contributed by atoms with Crippen molar-refractivity contribution < 1.29 is 4.79 Å². The summed E-state index contributed by atoms with van der Waals surface area (Å²) in [4.78, 5) is 22.8. The van der Waals surface area contributed by atoms with Crippen molar-refractivity contribution in [3.63, 3.8) is 0 Å². The predicted octanol–water partition coefficient (Wildman–Crippen LogP) is 1.64. The predicted molar refractivity (Wildman–Crippen MR) is 58.5 cm³/mol. The van der Waals surface area contributed by atoms with Crippen LogP contribution < -0.4 is 5.56 Å². The van der Waals surface area contributed by atoms with Crippen LogP contribution in [0, 0.1) is 0 Å². The SMILES string of the molecule is Cn1c2c(cc(C(=O)Cl)c1=O)CCCC2. The lowest BCUT2D eigenvalue weighted by Crippen LogP contribution is -2.28. The summed E-state index contributed by atoms with van der Waals surface area (Å²) in [6.45, 7) is 0. The van der Waals surface area contributed by atoms with Gasteiger partial charge in [-0.2, -0.15) is 0 Å². The molecule has 0 saturated heterocycles. The summed E-state index contributed by atoms with van der Waals surface area (Å²) >= 11 is 5.37. The monoisotopic (exact) mass is 225 g/mol. The van der Waals surface area contributed by atoms with Gasteiger partial charge in [-0.1, -0.05) is 0 Å². The molecule has 15 heavy (non-hydrogen) atoms. The maximum atomic E-state index is 11.7. The van der Waals surface area contributed by atoms with Crippen LogP contribution >= 0.6 is 11.6 Å². The first-order valence-electron chi connectivity index (χ1n) is 5.03. The van der Waals surface area contributed by atoms with E-state index < -0.39 is 5.24 Å². The van der Waals surface area contributed by atoms with E-state index in [0.29, 0.717) is 0 Å². The van der Waals surface area contributed by atoms with E-state index in [2.05, 4.69) is 0 Å². The maximum Gasteiger partial charge on any atom is 0.262 e. The number of aromatic nitrogens is 1. The Morgan fingerprint density at radius 3 is 2.73 bits per heavy atom. The van der Waals surface area contributed by atoms with E-state index in [-0.39, 0.29) is 11.1 Å². The fraction of sp³-hybridized carbons (Fsp3) is 0.455. The number of fused-ring (bicyclic) bond motifs is 1. The summed E-state index contributed by atoms with van der Waals surface area (Å²) in [6.07, 6.45) is 4.06. The van der Waals surface area contributed by atoms with Crippen LogP contribution in [-0.2, 0) is 19.9 Å². The van der Waals surface area contributed by atoms with Crippen LogP contribution in [0.3, 0.4) is 0 Å². The second kappa shape index (κ2) is 3.81. The lowest BCUT2D eigenvalue weighted by molar-refractivity contribution is 0.107. The molecular formula is C11H12ClNO2. The van der Waals surface area contributed by atoms with Crippen LogP contribution in [0.25, 0.3) is 0 Å². The normalized spacial score (nSPS) is 14.8. The molecule has 0 atom stereocenters. The molecule has 0 aliphatic heterocycles. The molecule has 3 nitrogen and oxygen atoms in total. The number of aryl methyl sites for hydroxylation is 1. The Labute approximate surface area is 92.7 Å². The molecule has 0 amide bonds. The van der Waals surface area contributed by atoms with Crippen molar-refractivity contribution in [2.75, 3.05) is 0 Å². The lowest BCUT2D eigenvalue weighted by Gasteiger charge is -2.19. The number of hydrogen-bond acceptors (Lipinski definition) is 2. The molecule has 0 aromatic carbocycles. The first kappa shape index (κ1) is 10.4. The van der Waals surface area contributed by atoms with Gasteiger partial charge in [0.15, 0.2) is 0 Å². The zero-order valence-electron chi connectivity index (χ0n) is 8.55. The average molecular weight is 226 g/mol. The largest absolute Gasteiger partial charge is 0.315 e. The maximum absolute atomic E-state index is 11.7. The molecule has 0 bridgehead atoms. The number of pyridine rings is 1. The second-order valence-electron chi connectivity index (χ2n) is 3.87. The summed E-state index contributed by atoms with van der Waals surface area (Å²) < 4.78 is 1.56. The third kappa shape index (κ3) is 1.72. The molecule has 0 N–H and O–H groups in total. The van der Waals surface area contributed by atoms with Gasteiger partial charge in [-0.15, -0.1) is 0 Å². The number of rotatable bonds is 1. The smallest absolute Gasteiger partial charge is 0.262 e. The van der Waals surface area contributed by atoms with Gasteiger partial charge in [0, 0.05) is 12.7 Å². The number of hydrogen-bond donors (Lipinski definition) is 0. The molecule has 0 fully saturated rings. The van der Waals surface area contributed by atoms with Gasteiger partial charge in [0.2, 0.25) is 0 Å². The van der Waals surface area contributed by atoms with E-state index in [4.69, 9.17) is 11.6 Å². The van der Waals surface area contributed by atoms with Gasteiger partial charge in [0.05, 0.1) is 5.56 Å². The van der Waals surface area contributed by atoms with Gasteiger partial charge in [0.25, 0.3) is 10.8 Å². The quantitative estimate of drug-likeness (QED) is 0.682. The molecular weight excluding hydrogens is 214 g/mol. The summed E-state index contributed by atoms with van der Waals surface area (Å²) in [5, 5.41) is -0.663. The zero-order chi connectivity index (χ0) is 11.0. The molecule has 1 aromatic rings. The van der Waals surface area contributed by atoms with Crippen molar-refractivity contribution in [3.05, 3.63) is 33.2 Å². The Bertz CT molecular complexity index is 476. The molecule has 1 heterocycles. The highest BCUT2D eigenvalue weighted by Gasteiger charge is 2.18. The Balaban J connectivity index is 2.68. The first-order valence-corrected chi connectivity index (χ1v) is 5.40. The van der Waals surface area contributed by atoms with E-state index >= 15 is 0 Å². The third-order valence-electron chi connectivity index (χ3n) is 2.95. The lowest BCUT2D eigenvalue weighted by atomic mass is 9.94. The third-order valence-corrected chi connectivity index (χ3v) is 3.15. The van der Waals surface area contributed by atoms with E-state index in [0.717, 1.165) is 36.9 Å². The van der Waals surface area contributed by atoms with Crippen molar-refractivity contribution in [2.45, 2.75) is 25.7 Å². The van der Waals surface area contributed by atoms with E-state index in [1.807, 2.05) is 0 Å². The van der Waals surface area contributed by atoms with E-state index in [1.165, 1.54) is 0 Å². The standard InChI is InChI=1S/C11H12ClNO2/c1-13-9-5-3-2-4-7(9)6-8(10(12)14)11(13)15/h6H,2-5H2,1H3. The minimum Gasteiger partial charge on any atom is -0.315 e. The number of carbonyl (C=O) groups is 1. The first-order chi connectivity index (χ1) is 7.11. The highest BCUT2D eigenvalue weighted by Crippen LogP contribution is 2.20. The average Bonchev–Trinajstić information content (AvgIpc) is 2.23. The van der Waals surface area contributed by atoms with Crippen molar-refractivity contribution in [3.8, 4) is 0 Å². The van der Waals surface area contributed by atoms with Gasteiger partial charge in [-0.05, 0) is 48.9 Å². The Morgan fingerprint density at radius 1 is 1.40 bits per heavy atom. The van der Waals surface area contributed by atoms with Gasteiger partial charge in [-0.25, -0.2) is 0 Å². The minimum atomic E-state index is -0.663. The number of halogens is 1. The molecule has 0 radical (unpaired) electrons. The summed E-state index contributed by atoms with van der Waals surface area (Å²) in [5.74, 6) is 0. The summed E-state index contributed by atoms with van der Waals surface area (Å²) in [6, 6.07) is 1.66. The van der Waals surface area contributed by atoms with Crippen molar-refractivity contribution in [1.29, 1.82) is 0 Å². The van der Waals surface area contributed by atoms with Gasteiger partial charge in [-0.3, -0.25) is 9.59 Å². The molecule has 2 rings (SSSR count). The molecule has 0 unspecified atom stereocenters. The van der Waals surface area contributed by atoms with Gasteiger partial charge < -0.3 is 4.57 Å². The zero-order valence-corrected chi connectivity index (χ0v) is 9.30. The topological polar surface area (TPSA) is 39.1 Å². The van der Waals surface area contributed by atoms with Crippen LogP contribution in [-0.4, -0.2) is 9.81 Å². The molecule has 4 heteroatoms. The Morgan fingerprint density at radius 2 is 2.07 bits per heavy atom. The molecule has 1 aromatic heterocycles. The fourth-order valence-electron chi connectivity index (χ4n) is 2.13. The Hall–Kier alpha value is -1.09. The van der Waals surface area contributed by atoms with Crippen LogP contribution in [0.15, 0.2) is 10.9 Å². The molecule has 80 valence electrons. The van der Waals surface area contributed by atoms with Crippen molar-refractivity contribution >= 4 is 16.8 Å². The second-order valence-corrected chi connectivity index (χ2v) is 4.22. The van der Waals surface area contributed by atoms with Crippen molar-refractivity contribution in [1.82, 2.24) is 4.57 Å². The highest BCUT2D eigenvalue weighted by molar-refractivity contribution is 6.67. The molecule has 1 aliphatic carbocycles. The molecule has 1 aliphatic rings. The number of nitrogens with zero attached hydrogens (tertiary/aromatic N) is 1. The van der Waals surface area contributed by atoms with Crippen LogP contribution in [0.5, 0.6) is 0 Å². The fourth-order valence-corrected chi connectivity index (χ4v) is 2.27. The summed E-state index contributed by atoms with van der Waals surface area (Å²) in [5.41, 5.74) is 1.95.